The van der Waals surface area contributed by atoms with Crippen LogP contribution in [0.5, 0.6) is 0 Å². The fraction of sp³-hybridized carbons (Fsp3) is 1.00. The first-order chi connectivity index (χ1) is 5.91. The number of halogens is 1. The third-order valence-electron chi connectivity index (χ3n) is 2.09. The first-order valence-electron chi connectivity index (χ1n) is 5.75. The molecular formula is C12H27FTi. The van der Waals surface area contributed by atoms with Gasteiger partial charge in [-0.05, 0) is 0 Å². The summed E-state index contributed by atoms with van der Waals surface area (Å²) in [5.74, 6) is 2.81. The Kier molecular flexibility index (Phi) is 10.9. The van der Waals surface area contributed by atoms with Crippen molar-refractivity contribution < 1.29 is 22.6 Å². The maximum atomic E-state index is 2.38. The second-order valence-electron chi connectivity index (χ2n) is 5.54. The average Bonchev–Trinajstić information content (AvgIpc) is 1.80. The molecule has 0 radical (unpaired) electrons. The molecule has 0 rings (SSSR count). The van der Waals surface area contributed by atoms with Crippen molar-refractivity contribution in [2.24, 2.45) is 17.8 Å². The number of rotatable bonds is 6. The van der Waals surface area contributed by atoms with Crippen molar-refractivity contribution in [1.82, 2.24) is 0 Å². The van der Waals surface area contributed by atoms with E-state index in [1.165, 1.54) is 0 Å². The average molecular weight is 238 g/mol. The summed E-state index contributed by atoms with van der Waals surface area (Å²) >= 11 is -0.681. The monoisotopic (exact) mass is 238 g/mol. The second-order valence-corrected chi connectivity index (χ2v) is 9.80. The van der Waals surface area contributed by atoms with E-state index in [0.717, 1.165) is 17.8 Å². The molecule has 0 saturated carbocycles. The van der Waals surface area contributed by atoms with Gasteiger partial charge in [-0.1, -0.05) is 0 Å². The molecule has 0 aromatic rings. The third-order valence-corrected chi connectivity index (χ3v) is 8.62. The van der Waals surface area contributed by atoms with Crippen LogP contribution in [0.2, 0.25) is 14.2 Å². The van der Waals surface area contributed by atoms with E-state index in [1.807, 2.05) is 0 Å². The van der Waals surface area contributed by atoms with Crippen LogP contribution in [-0.2, 0) is 17.9 Å². The minimum absolute atomic E-state index is 0. The molecule has 0 nitrogen and oxygen atoms in total. The molecule has 0 bridgehead atoms. The van der Waals surface area contributed by atoms with E-state index in [0.29, 0.717) is 0 Å². The minimum atomic E-state index is -0.681. The van der Waals surface area contributed by atoms with Crippen molar-refractivity contribution in [3.8, 4) is 0 Å². The number of hydrogen-bond acceptors (Lipinski definition) is 0. The summed E-state index contributed by atoms with van der Waals surface area (Å²) in [6.45, 7) is 14.3. The van der Waals surface area contributed by atoms with Gasteiger partial charge in [-0.15, -0.1) is 0 Å². The van der Waals surface area contributed by atoms with Crippen molar-refractivity contribution in [1.29, 1.82) is 0 Å². The molecule has 0 N–H and O–H groups in total. The van der Waals surface area contributed by atoms with Gasteiger partial charge in [0.05, 0.1) is 0 Å². The van der Waals surface area contributed by atoms with Gasteiger partial charge in [-0.3, -0.25) is 0 Å². The predicted octanol–water partition coefficient (Wildman–Crippen LogP) is 1.83. The van der Waals surface area contributed by atoms with E-state index in [1.54, 1.807) is 14.2 Å². The maximum Gasteiger partial charge on any atom is -1.00 e. The Balaban J connectivity index is 0. The number of hydrogen-bond donors (Lipinski definition) is 0. The van der Waals surface area contributed by atoms with Crippen LogP contribution in [0.15, 0.2) is 0 Å². The van der Waals surface area contributed by atoms with Crippen molar-refractivity contribution >= 4 is 0 Å². The van der Waals surface area contributed by atoms with Crippen molar-refractivity contribution in [3.05, 3.63) is 0 Å². The quantitative estimate of drug-likeness (QED) is 0.619. The molecule has 0 amide bonds. The molecule has 14 heavy (non-hydrogen) atoms. The molecule has 0 aliphatic carbocycles. The SMILES string of the molecule is CC(C)[CH2][Ti+]([CH2]C(C)C)[CH2]C(C)C.[F-]. The van der Waals surface area contributed by atoms with Crippen molar-refractivity contribution in [2.45, 2.75) is 55.7 Å². The largest absolute Gasteiger partial charge is 1.00 e. The molecule has 0 aromatic heterocycles. The molecule has 86 valence electrons. The molecule has 0 spiro atoms. The Labute approximate surface area is 96.1 Å². The van der Waals surface area contributed by atoms with Gasteiger partial charge in [0.2, 0.25) is 0 Å². The van der Waals surface area contributed by atoms with Crippen LogP contribution >= 0.6 is 0 Å². The first-order valence-corrected chi connectivity index (χ1v) is 9.06. The molecule has 0 aliphatic rings. The van der Waals surface area contributed by atoms with Gasteiger partial charge in [0.15, 0.2) is 0 Å². The van der Waals surface area contributed by atoms with Crippen LogP contribution in [0, 0.1) is 17.8 Å². The molecule has 0 saturated heterocycles. The fourth-order valence-electron chi connectivity index (χ4n) is 1.98. The van der Waals surface area contributed by atoms with E-state index in [2.05, 4.69) is 41.5 Å². The van der Waals surface area contributed by atoms with E-state index in [4.69, 9.17) is 0 Å². The Bertz CT molecular complexity index is 97.7. The zero-order chi connectivity index (χ0) is 10.4. The van der Waals surface area contributed by atoms with E-state index < -0.39 is 17.9 Å². The Morgan fingerprint density at radius 2 is 0.857 bits per heavy atom. The Hall–Kier alpha value is 0.644. The molecule has 0 unspecified atom stereocenters. The van der Waals surface area contributed by atoms with Gasteiger partial charge in [0, 0.05) is 0 Å². The van der Waals surface area contributed by atoms with Crippen LogP contribution in [0.25, 0.3) is 0 Å². The molecular weight excluding hydrogens is 211 g/mol. The van der Waals surface area contributed by atoms with Crippen LogP contribution in [0.1, 0.15) is 41.5 Å². The van der Waals surface area contributed by atoms with Crippen molar-refractivity contribution in [2.75, 3.05) is 0 Å². The normalized spacial score (nSPS) is 10.9. The molecule has 0 aliphatic heterocycles. The van der Waals surface area contributed by atoms with Gasteiger partial charge >= 0.3 is 91.3 Å². The summed E-state index contributed by atoms with van der Waals surface area (Å²) in [4.78, 5) is 0. The van der Waals surface area contributed by atoms with Gasteiger partial charge in [-0.2, -0.15) is 0 Å². The van der Waals surface area contributed by atoms with Crippen LogP contribution in [0.3, 0.4) is 0 Å². The standard InChI is InChI=1S/3C4H9.FH.Ti/c3*1-4(2)3;;/h3*4H,1H2,2-3H3;1H;/q;;;;+1/p-1. The molecule has 0 aromatic carbocycles. The van der Waals surface area contributed by atoms with E-state index in [-0.39, 0.29) is 4.70 Å². The Morgan fingerprint density at radius 1 is 0.643 bits per heavy atom. The van der Waals surface area contributed by atoms with Gasteiger partial charge in [-0.25, -0.2) is 0 Å². The summed E-state index contributed by atoms with van der Waals surface area (Å²) in [5, 5.41) is 0. The molecule has 0 atom stereocenters. The van der Waals surface area contributed by atoms with Gasteiger partial charge in [0.1, 0.15) is 0 Å². The summed E-state index contributed by atoms with van der Waals surface area (Å²) in [6, 6.07) is 0. The summed E-state index contributed by atoms with van der Waals surface area (Å²) < 4.78 is 4.74. The van der Waals surface area contributed by atoms with E-state index in [9.17, 15) is 0 Å². The predicted molar refractivity (Wildman–Crippen MR) is 58.9 cm³/mol. The van der Waals surface area contributed by atoms with Crippen molar-refractivity contribution in [3.63, 3.8) is 0 Å². The zero-order valence-corrected chi connectivity index (χ0v) is 12.3. The molecule has 0 heterocycles. The second kappa shape index (κ2) is 8.91. The Morgan fingerprint density at radius 3 is 1.00 bits per heavy atom. The first kappa shape index (κ1) is 17.1. The summed E-state index contributed by atoms with van der Waals surface area (Å²) in [5.41, 5.74) is 0. The topological polar surface area (TPSA) is 0 Å². The smallest absolute Gasteiger partial charge is 1.00 e. The summed E-state index contributed by atoms with van der Waals surface area (Å²) in [7, 11) is 0. The molecule has 0 fully saturated rings. The van der Waals surface area contributed by atoms with Gasteiger partial charge < -0.3 is 4.70 Å². The van der Waals surface area contributed by atoms with E-state index >= 15 is 0 Å². The minimum Gasteiger partial charge on any atom is -1.00 e. The molecule has 2 heteroatoms. The zero-order valence-electron chi connectivity index (χ0n) is 10.7. The van der Waals surface area contributed by atoms with Crippen LogP contribution in [-0.4, -0.2) is 0 Å². The summed E-state index contributed by atoms with van der Waals surface area (Å²) in [6.07, 6.45) is 0. The fourth-order valence-corrected chi connectivity index (χ4v) is 8.17. The van der Waals surface area contributed by atoms with Crippen LogP contribution in [0.4, 0.5) is 0 Å². The maximum absolute atomic E-state index is 2.38. The van der Waals surface area contributed by atoms with Crippen LogP contribution < -0.4 is 4.70 Å². The van der Waals surface area contributed by atoms with Gasteiger partial charge in [0.25, 0.3) is 0 Å². The third kappa shape index (κ3) is 10.7.